The van der Waals surface area contributed by atoms with Crippen LogP contribution in [0.15, 0.2) is 52.1 Å². The van der Waals surface area contributed by atoms with Gasteiger partial charge in [0.1, 0.15) is 17.1 Å². The number of hydrogen-bond acceptors (Lipinski definition) is 5. The van der Waals surface area contributed by atoms with Crippen LogP contribution in [0.4, 0.5) is 5.69 Å². The number of rotatable bonds is 6. The van der Waals surface area contributed by atoms with E-state index < -0.39 is 17.2 Å². The molecule has 0 saturated heterocycles. The molecule has 0 radical (unpaired) electrons. The van der Waals surface area contributed by atoms with Crippen molar-refractivity contribution in [3.8, 4) is 11.4 Å². The summed E-state index contributed by atoms with van der Waals surface area (Å²) in [4.78, 5) is 41.1. The van der Waals surface area contributed by atoms with E-state index in [0.717, 1.165) is 15.0 Å². The number of fused-ring (bicyclic) bond motifs is 1. The Bertz CT molecular complexity index is 1520. The van der Waals surface area contributed by atoms with Crippen molar-refractivity contribution in [3.05, 3.63) is 83.8 Å². The van der Waals surface area contributed by atoms with Crippen LogP contribution in [0.25, 0.3) is 15.9 Å². The van der Waals surface area contributed by atoms with Gasteiger partial charge >= 0.3 is 5.69 Å². The number of carbonyl (C=O) groups is 1. The van der Waals surface area contributed by atoms with Gasteiger partial charge in [-0.1, -0.05) is 23.2 Å². The van der Waals surface area contributed by atoms with Crippen molar-refractivity contribution in [3.63, 3.8) is 0 Å². The van der Waals surface area contributed by atoms with Crippen LogP contribution in [0.1, 0.15) is 17.4 Å². The normalized spacial score (nSPS) is 11.1. The third-order valence-electron chi connectivity index (χ3n) is 5.36. The zero-order chi connectivity index (χ0) is 24.6. The lowest BCUT2D eigenvalue weighted by Crippen LogP contribution is -2.40. The van der Waals surface area contributed by atoms with Crippen LogP contribution in [-0.4, -0.2) is 21.6 Å². The SMILES string of the molecule is CCOc1ccc(NC(=O)Cn2c(=O)n(-c3ccc(Cl)c(Cl)c3)c(=O)c3c(C)c(C)sc32)cc1. The lowest BCUT2D eigenvalue weighted by atomic mass is 10.2. The van der Waals surface area contributed by atoms with Gasteiger partial charge in [-0.05, 0) is 68.8 Å². The fraction of sp³-hybridized carbons (Fsp3) is 0.208. The maximum atomic E-state index is 13.5. The Labute approximate surface area is 209 Å². The van der Waals surface area contributed by atoms with Gasteiger partial charge in [0.2, 0.25) is 5.91 Å². The van der Waals surface area contributed by atoms with Crippen molar-refractivity contribution in [1.29, 1.82) is 0 Å². The molecular weight excluding hydrogens is 497 g/mol. The molecule has 4 rings (SSSR count). The van der Waals surface area contributed by atoms with Gasteiger partial charge in [0, 0.05) is 10.6 Å². The van der Waals surface area contributed by atoms with Crippen LogP contribution in [0, 0.1) is 13.8 Å². The predicted molar refractivity (Wildman–Crippen MR) is 137 cm³/mol. The number of nitrogens with one attached hydrogen (secondary N) is 1. The van der Waals surface area contributed by atoms with Gasteiger partial charge in [-0.3, -0.25) is 14.2 Å². The molecule has 0 unspecified atom stereocenters. The van der Waals surface area contributed by atoms with Crippen LogP contribution in [0.2, 0.25) is 10.0 Å². The largest absolute Gasteiger partial charge is 0.494 e. The lowest BCUT2D eigenvalue weighted by Gasteiger charge is -2.13. The smallest absolute Gasteiger partial charge is 0.337 e. The first-order valence-corrected chi connectivity index (χ1v) is 12.0. The summed E-state index contributed by atoms with van der Waals surface area (Å²) in [5.74, 6) is 0.285. The van der Waals surface area contributed by atoms with E-state index in [1.807, 2.05) is 20.8 Å². The van der Waals surface area contributed by atoms with Crippen molar-refractivity contribution in [2.45, 2.75) is 27.3 Å². The second-order valence-corrected chi connectivity index (χ2v) is 9.59. The molecule has 1 amide bonds. The Kier molecular flexibility index (Phi) is 6.84. The molecule has 4 aromatic rings. The number of benzene rings is 2. The highest BCUT2D eigenvalue weighted by Gasteiger charge is 2.21. The first-order valence-electron chi connectivity index (χ1n) is 10.4. The van der Waals surface area contributed by atoms with Gasteiger partial charge in [-0.2, -0.15) is 0 Å². The minimum atomic E-state index is -0.640. The monoisotopic (exact) mass is 517 g/mol. The summed E-state index contributed by atoms with van der Waals surface area (Å²) in [6, 6.07) is 11.5. The standard InChI is InChI=1S/C24H21Cl2N3O4S/c1-4-33-17-8-5-15(6-9-17)27-20(30)12-28-23-21(13(2)14(3)34-23)22(31)29(24(28)32)16-7-10-18(25)19(26)11-16/h5-11H,4,12H2,1-3H3,(H,27,30). The first kappa shape index (κ1) is 24.1. The quantitative estimate of drug-likeness (QED) is 0.382. The number of amides is 1. The Balaban J connectivity index is 1.79. The van der Waals surface area contributed by atoms with Gasteiger partial charge in [0.05, 0.1) is 27.7 Å². The van der Waals surface area contributed by atoms with E-state index in [0.29, 0.717) is 33.3 Å². The second-order valence-electron chi connectivity index (χ2n) is 7.58. The van der Waals surface area contributed by atoms with Gasteiger partial charge in [-0.15, -0.1) is 11.3 Å². The van der Waals surface area contributed by atoms with Crippen LogP contribution in [0.3, 0.4) is 0 Å². The summed E-state index contributed by atoms with van der Waals surface area (Å²) in [5.41, 5.74) is 0.492. The molecule has 2 aromatic heterocycles. The number of anilines is 1. The van der Waals surface area contributed by atoms with E-state index >= 15 is 0 Å². The van der Waals surface area contributed by atoms with Gasteiger partial charge < -0.3 is 10.1 Å². The minimum Gasteiger partial charge on any atom is -0.494 e. The summed E-state index contributed by atoms with van der Waals surface area (Å²) in [5, 5.41) is 3.69. The van der Waals surface area contributed by atoms with E-state index in [1.54, 1.807) is 30.3 Å². The second kappa shape index (κ2) is 9.66. The highest BCUT2D eigenvalue weighted by molar-refractivity contribution is 7.18. The number of hydrogen-bond donors (Lipinski definition) is 1. The summed E-state index contributed by atoms with van der Waals surface area (Å²) < 4.78 is 7.75. The Morgan fingerprint density at radius 1 is 1.06 bits per heavy atom. The highest BCUT2D eigenvalue weighted by atomic mass is 35.5. The van der Waals surface area contributed by atoms with Crippen molar-refractivity contribution in [2.24, 2.45) is 0 Å². The van der Waals surface area contributed by atoms with Crippen LogP contribution >= 0.6 is 34.5 Å². The number of aryl methyl sites for hydroxylation is 2. The molecule has 34 heavy (non-hydrogen) atoms. The van der Waals surface area contributed by atoms with E-state index in [4.69, 9.17) is 27.9 Å². The van der Waals surface area contributed by atoms with E-state index in [2.05, 4.69) is 5.32 Å². The molecule has 10 heteroatoms. The Hall–Kier alpha value is -3.07. The van der Waals surface area contributed by atoms with Crippen molar-refractivity contribution in [2.75, 3.05) is 11.9 Å². The molecule has 0 fully saturated rings. The Morgan fingerprint density at radius 2 is 1.76 bits per heavy atom. The molecule has 0 aliphatic carbocycles. The molecular formula is C24H21Cl2N3O4S. The molecule has 2 aromatic carbocycles. The third-order valence-corrected chi connectivity index (χ3v) is 7.33. The number of halogens is 2. The van der Waals surface area contributed by atoms with Gasteiger partial charge in [0.25, 0.3) is 5.56 Å². The molecule has 1 N–H and O–H groups in total. The zero-order valence-electron chi connectivity index (χ0n) is 18.6. The van der Waals surface area contributed by atoms with Crippen molar-refractivity contribution < 1.29 is 9.53 Å². The lowest BCUT2D eigenvalue weighted by molar-refractivity contribution is -0.116. The third kappa shape index (κ3) is 4.49. The molecule has 2 heterocycles. The molecule has 0 saturated carbocycles. The number of aromatic nitrogens is 2. The number of carbonyl (C=O) groups excluding carboxylic acids is 1. The molecule has 176 valence electrons. The first-order chi connectivity index (χ1) is 16.2. The number of nitrogens with zero attached hydrogens (tertiary/aromatic N) is 2. The van der Waals surface area contributed by atoms with E-state index in [-0.39, 0.29) is 17.3 Å². The maximum Gasteiger partial charge on any atom is 0.337 e. The molecule has 0 atom stereocenters. The molecule has 0 aliphatic rings. The number of thiophene rings is 1. The van der Waals surface area contributed by atoms with Gasteiger partial charge in [0.15, 0.2) is 0 Å². The van der Waals surface area contributed by atoms with Crippen molar-refractivity contribution in [1.82, 2.24) is 9.13 Å². The Morgan fingerprint density at radius 3 is 2.41 bits per heavy atom. The average molecular weight is 518 g/mol. The number of ether oxygens (including phenoxy) is 1. The molecule has 0 aliphatic heterocycles. The molecule has 0 spiro atoms. The minimum absolute atomic E-state index is 0.212. The fourth-order valence-electron chi connectivity index (χ4n) is 3.59. The van der Waals surface area contributed by atoms with Gasteiger partial charge in [-0.25, -0.2) is 9.36 Å². The average Bonchev–Trinajstić information content (AvgIpc) is 3.09. The van der Waals surface area contributed by atoms with E-state index in [1.165, 1.54) is 28.0 Å². The van der Waals surface area contributed by atoms with Crippen molar-refractivity contribution >= 4 is 56.3 Å². The predicted octanol–water partition coefficient (Wildman–Crippen LogP) is 5.17. The van der Waals surface area contributed by atoms with Crippen LogP contribution < -0.4 is 21.3 Å². The van der Waals surface area contributed by atoms with E-state index in [9.17, 15) is 14.4 Å². The topological polar surface area (TPSA) is 82.3 Å². The summed E-state index contributed by atoms with van der Waals surface area (Å²) in [6.45, 7) is 5.85. The summed E-state index contributed by atoms with van der Waals surface area (Å²) in [6.07, 6.45) is 0. The van der Waals surface area contributed by atoms with Crippen LogP contribution in [-0.2, 0) is 11.3 Å². The zero-order valence-corrected chi connectivity index (χ0v) is 21.0. The maximum absolute atomic E-state index is 13.5. The highest BCUT2D eigenvalue weighted by Crippen LogP contribution is 2.28. The molecule has 7 nitrogen and oxygen atoms in total. The fourth-order valence-corrected chi connectivity index (χ4v) is 5.03. The van der Waals surface area contributed by atoms with Crippen LogP contribution in [0.5, 0.6) is 5.75 Å². The summed E-state index contributed by atoms with van der Waals surface area (Å²) >= 11 is 13.5. The summed E-state index contributed by atoms with van der Waals surface area (Å²) in [7, 11) is 0. The molecule has 0 bridgehead atoms.